The molecule has 6 atom stereocenters. The first kappa shape index (κ1) is 23.6. The molecule has 0 aromatic rings. The molecule has 0 spiro atoms. The van der Waals surface area contributed by atoms with Gasteiger partial charge < -0.3 is 10.0 Å². The van der Waals surface area contributed by atoms with Crippen LogP contribution < -0.4 is 0 Å². The summed E-state index contributed by atoms with van der Waals surface area (Å²) in [5.41, 5.74) is 2.79. The highest BCUT2D eigenvalue weighted by Gasteiger charge is 2.60. The predicted octanol–water partition coefficient (Wildman–Crippen LogP) is 6.22. The van der Waals surface area contributed by atoms with Gasteiger partial charge in [-0.2, -0.15) is 0 Å². The van der Waals surface area contributed by atoms with Crippen molar-refractivity contribution in [2.24, 2.45) is 34.5 Å². The van der Waals surface area contributed by atoms with Crippen molar-refractivity contribution in [3.05, 3.63) is 23.3 Å². The molecule has 4 rings (SSSR count). The van der Waals surface area contributed by atoms with Crippen LogP contribution in [0.15, 0.2) is 23.3 Å². The number of rotatable bonds is 4. The lowest BCUT2D eigenvalue weighted by Crippen LogP contribution is -2.53. The van der Waals surface area contributed by atoms with Crippen LogP contribution in [0.1, 0.15) is 92.9 Å². The van der Waals surface area contributed by atoms with Gasteiger partial charge in [-0.1, -0.05) is 25.5 Å². The molecule has 32 heavy (non-hydrogen) atoms. The second-order valence-electron chi connectivity index (χ2n) is 12.2. The number of hydrogen-bond acceptors (Lipinski definition) is 2. The Morgan fingerprint density at radius 2 is 1.69 bits per heavy atom. The summed E-state index contributed by atoms with van der Waals surface area (Å²) in [5, 5.41) is 9.19. The Balaban J connectivity index is 1.58. The molecule has 0 heterocycles. The van der Waals surface area contributed by atoms with E-state index >= 15 is 0 Å². The topological polar surface area (TPSA) is 57.6 Å². The van der Waals surface area contributed by atoms with Crippen molar-refractivity contribution in [3.8, 4) is 0 Å². The fourth-order valence-corrected chi connectivity index (χ4v) is 8.57. The molecule has 4 aliphatic carbocycles. The molecule has 0 aromatic carbocycles. The Morgan fingerprint density at radius 3 is 2.31 bits per heavy atom. The van der Waals surface area contributed by atoms with Gasteiger partial charge in [0.15, 0.2) is 0 Å². The zero-order chi connectivity index (χ0) is 23.4. The summed E-state index contributed by atoms with van der Waals surface area (Å²) in [5.74, 6) is 1.74. The molecule has 3 fully saturated rings. The van der Waals surface area contributed by atoms with E-state index in [4.69, 9.17) is 0 Å². The van der Waals surface area contributed by atoms with Crippen LogP contribution in [0.4, 0.5) is 0 Å². The molecular weight excluding hydrogens is 398 g/mol. The van der Waals surface area contributed by atoms with Crippen LogP contribution in [-0.4, -0.2) is 34.0 Å². The quantitative estimate of drug-likeness (QED) is 0.527. The number of fused-ring (bicyclic) bond motifs is 5. The summed E-state index contributed by atoms with van der Waals surface area (Å²) in [7, 11) is 0. The number of aliphatic carboxylic acids is 1. The Hall–Kier alpha value is -1.58. The smallest absolute Gasteiger partial charge is 0.328 e. The maximum Gasteiger partial charge on any atom is 0.328 e. The minimum atomic E-state index is -0.832. The second kappa shape index (κ2) is 8.33. The fourth-order valence-electron chi connectivity index (χ4n) is 8.57. The fraction of sp³-hybridized carbons (Fsp3) is 0.786. The van der Waals surface area contributed by atoms with E-state index in [-0.39, 0.29) is 28.8 Å². The summed E-state index contributed by atoms with van der Waals surface area (Å²) in [4.78, 5) is 27.0. The summed E-state index contributed by atoms with van der Waals surface area (Å²) < 4.78 is 0. The van der Waals surface area contributed by atoms with Crippen LogP contribution in [-0.2, 0) is 9.59 Å². The zero-order valence-corrected chi connectivity index (χ0v) is 21.0. The van der Waals surface area contributed by atoms with E-state index in [0.29, 0.717) is 23.7 Å². The summed E-state index contributed by atoms with van der Waals surface area (Å²) in [6, 6.07) is 0.496. The first-order valence-electron chi connectivity index (χ1n) is 13.0. The molecule has 1 amide bonds. The summed E-state index contributed by atoms with van der Waals surface area (Å²) in [6.07, 6.45) is 12.4. The zero-order valence-electron chi connectivity index (χ0n) is 21.0. The Bertz CT molecular complexity index is 832. The van der Waals surface area contributed by atoms with Crippen molar-refractivity contribution in [1.82, 2.24) is 4.90 Å². The molecule has 178 valence electrons. The molecular formula is C28H43NO3. The van der Waals surface area contributed by atoms with Gasteiger partial charge in [-0.3, -0.25) is 4.79 Å². The van der Waals surface area contributed by atoms with Crippen LogP contribution in [0.2, 0.25) is 0 Å². The van der Waals surface area contributed by atoms with E-state index < -0.39 is 5.97 Å². The van der Waals surface area contributed by atoms with Gasteiger partial charge in [0.05, 0.1) is 0 Å². The lowest BCUT2D eigenvalue weighted by molar-refractivity contribution is -0.146. The lowest BCUT2D eigenvalue weighted by atomic mass is 9.46. The molecule has 0 saturated heterocycles. The van der Waals surface area contributed by atoms with Gasteiger partial charge in [-0.15, -0.1) is 0 Å². The average molecular weight is 442 g/mol. The molecule has 3 unspecified atom stereocenters. The molecule has 0 aliphatic heterocycles. The molecule has 4 nitrogen and oxygen atoms in total. The summed E-state index contributed by atoms with van der Waals surface area (Å²) in [6.45, 7) is 13.5. The molecule has 0 radical (unpaired) electrons. The van der Waals surface area contributed by atoms with Crippen molar-refractivity contribution in [2.75, 3.05) is 0 Å². The van der Waals surface area contributed by atoms with Gasteiger partial charge in [0.1, 0.15) is 0 Å². The third kappa shape index (κ3) is 3.66. The maximum absolute atomic E-state index is 13.7. The van der Waals surface area contributed by atoms with Gasteiger partial charge in [-0.25, -0.2) is 4.79 Å². The Labute approximate surface area is 194 Å². The minimum Gasteiger partial charge on any atom is -0.478 e. The van der Waals surface area contributed by atoms with Crippen molar-refractivity contribution < 1.29 is 14.7 Å². The second-order valence-corrected chi connectivity index (χ2v) is 12.2. The van der Waals surface area contributed by atoms with Crippen LogP contribution in [0.5, 0.6) is 0 Å². The number of amides is 1. The van der Waals surface area contributed by atoms with E-state index in [1.54, 1.807) is 0 Å². The number of carbonyl (C=O) groups is 2. The Kier molecular flexibility index (Phi) is 6.13. The molecule has 0 bridgehead atoms. The summed E-state index contributed by atoms with van der Waals surface area (Å²) >= 11 is 0. The predicted molar refractivity (Wildman–Crippen MR) is 128 cm³/mol. The molecule has 4 aliphatic rings. The highest BCUT2D eigenvalue weighted by molar-refractivity contribution is 5.81. The van der Waals surface area contributed by atoms with Crippen molar-refractivity contribution in [1.29, 1.82) is 0 Å². The first-order valence-corrected chi connectivity index (χ1v) is 13.0. The van der Waals surface area contributed by atoms with Gasteiger partial charge >= 0.3 is 5.97 Å². The number of carboxylic acid groups (broad SMARTS) is 1. The first-order chi connectivity index (χ1) is 15.0. The monoisotopic (exact) mass is 441 g/mol. The van der Waals surface area contributed by atoms with Crippen LogP contribution in [0.3, 0.4) is 0 Å². The van der Waals surface area contributed by atoms with Crippen molar-refractivity contribution in [3.63, 3.8) is 0 Å². The van der Waals surface area contributed by atoms with E-state index in [1.807, 2.05) is 0 Å². The highest BCUT2D eigenvalue weighted by atomic mass is 16.4. The lowest BCUT2D eigenvalue weighted by Gasteiger charge is -2.58. The molecule has 1 N–H and O–H groups in total. The maximum atomic E-state index is 13.7. The van der Waals surface area contributed by atoms with Crippen LogP contribution in [0, 0.1) is 34.5 Å². The van der Waals surface area contributed by atoms with Gasteiger partial charge in [0.2, 0.25) is 5.91 Å². The SMILES string of the molecule is CC(C)N(C(=O)[C@H]1CCC2C3CCC4=C/C(=C\C(=O)O)CC[C@]4(C)C3CC[C@@]21C)C(C)C. The number of carboxylic acids is 1. The van der Waals surface area contributed by atoms with Crippen molar-refractivity contribution >= 4 is 11.9 Å². The van der Waals surface area contributed by atoms with Crippen LogP contribution in [0.25, 0.3) is 0 Å². The average Bonchev–Trinajstić information content (AvgIpc) is 3.04. The van der Waals surface area contributed by atoms with Gasteiger partial charge in [0, 0.05) is 24.1 Å². The van der Waals surface area contributed by atoms with Crippen LogP contribution >= 0.6 is 0 Å². The highest BCUT2D eigenvalue weighted by Crippen LogP contribution is 2.67. The van der Waals surface area contributed by atoms with Gasteiger partial charge in [0.25, 0.3) is 0 Å². The number of carbonyl (C=O) groups excluding carboxylic acids is 1. The largest absolute Gasteiger partial charge is 0.478 e. The number of hydrogen-bond donors (Lipinski definition) is 1. The van der Waals surface area contributed by atoms with E-state index in [9.17, 15) is 14.7 Å². The van der Waals surface area contributed by atoms with Crippen molar-refractivity contribution in [2.45, 2.75) is 105 Å². The standard InChI is InChI=1S/C28H43NO3/c1-17(2)29(18(3)4)26(32)24-10-9-22-21-8-7-20-15-19(16-25(30)31)11-13-27(20,5)23(21)12-14-28(22,24)6/h15-18,21-24H,7-14H2,1-6H3,(H,30,31)/b19-16-/t21?,22?,23?,24-,27+,28+/m1/s1. The molecule has 4 heteroatoms. The van der Waals surface area contributed by atoms with Gasteiger partial charge in [-0.05, 0) is 113 Å². The third-order valence-electron chi connectivity index (χ3n) is 10.0. The minimum absolute atomic E-state index is 0.126. The molecule has 3 saturated carbocycles. The molecule has 0 aromatic heterocycles. The third-order valence-corrected chi connectivity index (χ3v) is 10.0. The normalized spacial score (nSPS) is 40.0. The van der Waals surface area contributed by atoms with E-state index in [0.717, 1.165) is 37.7 Å². The van der Waals surface area contributed by atoms with E-state index in [2.05, 4.69) is 52.5 Å². The van der Waals surface area contributed by atoms with E-state index in [1.165, 1.54) is 30.9 Å². The number of nitrogens with zero attached hydrogens (tertiary/aromatic N) is 1. The Morgan fingerprint density at radius 1 is 1.00 bits per heavy atom. The number of allylic oxidation sites excluding steroid dienone is 3.